The molecule has 1 aliphatic heterocycles. The number of halogens is 1. The number of piperidine rings is 1. The Bertz CT molecular complexity index is 294. The summed E-state index contributed by atoms with van der Waals surface area (Å²) < 4.78 is 1.32. The molecule has 0 aliphatic carbocycles. The van der Waals surface area contributed by atoms with Gasteiger partial charge in [0, 0.05) is 21.8 Å². The molecule has 76 valence electrons. The van der Waals surface area contributed by atoms with Gasteiger partial charge in [0.25, 0.3) is 0 Å². The number of hydrogen-bond donors (Lipinski definition) is 0. The van der Waals surface area contributed by atoms with Crippen LogP contribution >= 0.6 is 22.6 Å². The lowest BCUT2D eigenvalue weighted by Gasteiger charge is -2.35. The Morgan fingerprint density at radius 3 is 2.57 bits per heavy atom. The van der Waals surface area contributed by atoms with E-state index in [-0.39, 0.29) is 0 Å². The van der Waals surface area contributed by atoms with Crippen LogP contribution in [0.15, 0.2) is 24.3 Å². The van der Waals surface area contributed by atoms with E-state index in [0.29, 0.717) is 6.04 Å². The Hall–Kier alpha value is -0.250. The van der Waals surface area contributed by atoms with Crippen LogP contribution in [0.3, 0.4) is 0 Å². The van der Waals surface area contributed by atoms with E-state index in [1.165, 1.54) is 35.1 Å². The van der Waals surface area contributed by atoms with Crippen molar-refractivity contribution in [1.82, 2.24) is 0 Å². The van der Waals surface area contributed by atoms with Gasteiger partial charge in [-0.25, -0.2) is 0 Å². The summed E-state index contributed by atoms with van der Waals surface area (Å²) in [5, 5.41) is 0. The second-order valence-electron chi connectivity index (χ2n) is 4.01. The van der Waals surface area contributed by atoms with Gasteiger partial charge in [-0.1, -0.05) is 0 Å². The van der Waals surface area contributed by atoms with Crippen LogP contribution in [0.25, 0.3) is 0 Å². The van der Waals surface area contributed by atoms with Crippen LogP contribution in [0.1, 0.15) is 26.2 Å². The quantitative estimate of drug-likeness (QED) is 0.715. The van der Waals surface area contributed by atoms with E-state index in [1.54, 1.807) is 0 Å². The minimum Gasteiger partial charge on any atom is -0.369 e. The van der Waals surface area contributed by atoms with Crippen LogP contribution in [-0.2, 0) is 0 Å². The number of anilines is 1. The highest BCUT2D eigenvalue weighted by Gasteiger charge is 2.17. The predicted octanol–water partition coefficient (Wildman–Crippen LogP) is 3.67. The molecule has 2 heteroatoms. The van der Waals surface area contributed by atoms with Gasteiger partial charge in [0.2, 0.25) is 0 Å². The first-order valence-electron chi connectivity index (χ1n) is 5.29. The molecule has 1 fully saturated rings. The molecule has 0 saturated carbocycles. The monoisotopic (exact) mass is 301 g/mol. The van der Waals surface area contributed by atoms with Crippen molar-refractivity contribution in [3.05, 3.63) is 27.8 Å². The zero-order valence-corrected chi connectivity index (χ0v) is 10.7. The minimum absolute atomic E-state index is 0.712. The van der Waals surface area contributed by atoms with Gasteiger partial charge in [0.05, 0.1) is 0 Å². The van der Waals surface area contributed by atoms with Crippen molar-refractivity contribution in [3.63, 3.8) is 0 Å². The second kappa shape index (κ2) is 4.51. The molecule has 2 rings (SSSR count). The number of benzene rings is 1. The van der Waals surface area contributed by atoms with Crippen LogP contribution < -0.4 is 4.90 Å². The van der Waals surface area contributed by atoms with Crippen LogP contribution in [0, 0.1) is 3.57 Å². The average molecular weight is 301 g/mol. The van der Waals surface area contributed by atoms with Gasteiger partial charge >= 0.3 is 0 Å². The molecule has 0 amide bonds. The van der Waals surface area contributed by atoms with E-state index in [2.05, 4.69) is 58.7 Å². The van der Waals surface area contributed by atoms with Crippen LogP contribution in [-0.4, -0.2) is 12.6 Å². The van der Waals surface area contributed by atoms with Gasteiger partial charge in [0.15, 0.2) is 0 Å². The Morgan fingerprint density at radius 2 is 1.93 bits per heavy atom. The van der Waals surface area contributed by atoms with Crippen molar-refractivity contribution in [2.75, 3.05) is 11.4 Å². The number of hydrogen-bond acceptors (Lipinski definition) is 1. The molecule has 0 radical (unpaired) electrons. The maximum absolute atomic E-state index is 2.53. The lowest BCUT2D eigenvalue weighted by Crippen LogP contribution is -2.37. The largest absolute Gasteiger partial charge is 0.369 e. The second-order valence-corrected chi connectivity index (χ2v) is 5.26. The third-order valence-corrected chi connectivity index (χ3v) is 3.68. The molecule has 1 aliphatic rings. The highest BCUT2D eigenvalue weighted by molar-refractivity contribution is 14.1. The van der Waals surface area contributed by atoms with Gasteiger partial charge < -0.3 is 4.90 Å². The van der Waals surface area contributed by atoms with E-state index in [4.69, 9.17) is 0 Å². The molecule has 1 atom stereocenters. The van der Waals surface area contributed by atoms with Gasteiger partial charge in [-0.2, -0.15) is 0 Å². The van der Waals surface area contributed by atoms with Crippen LogP contribution in [0.2, 0.25) is 0 Å². The van der Waals surface area contributed by atoms with Gasteiger partial charge in [-0.15, -0.1) is 0 Å². The van der Waals surface area contributed by atoms with E-state index >= 15 is 0 Å². The van der Waals surface area contributed by atoms with Gasteiger partial charge in [-0.3, -0.25) is 0 Å². The molecule has 0 bridgehead atoms. The van der Waals surface area contributed by atoms with Crippen molar-refractivity contribution < 1.29 is 0 Å². The lowest BCUT2D eigenvalue weighted by molar-refractivity contribution is 0.485. The molecule has 0 N–H and O–H groups in total. The summed E-state index contributed by atoms with van der Waals surface area (Å²) in [4.78, 5) is 2.53. The molecule has 1 heterocycles. The van der Waals surface area contributed by atoms with Crippen molar-refractivity contribution in [3.8, 4) is 0 Å². The first-order valence-corrected chi connectivity index (χ1v) is 6.37. The van der Waals surface area contributed by atoms with Crippen molar-refractivity contribution in [1.29, 1.82) is 0 Å². The maximum Gasteiger partial charge on any atom is 0.0369 e. The third-order valence-electron chi connectivity index (χ3n) is 2.96. The summed E-state index contributed by atoms with van der Waals surface area (Å²) in [6.07, 6.45) is 4.07. The zero-order valence-electron chi connectivity index (χ0n) is 8.54. The Balaban J connectivity index is 2.16. The van der Waals surface area contributed by atoms with Gasteiger partial charge in [-0.05, 0) is 73.0 Å². The summed E-state index contributed by atoms with van der Waals surface area (Å²) >= 11 is 2.35. The molecule has 1 aromatic carbocycles. The summed E-state index contributed by atoms with van der Waals surface area (Å²) in [5.74, 6) is 0. The van der Waals surface area contributed by atoms with E-state index in [0.717, 1.165) is 0 Å². The topological polar surface area (TPSA) is 3.24 Å². The molecule has 1 unspecified atom stereocenters. The Morgan fingerprint density at radius 1 is 1.21 bits per heavy atom. The summed E-state index contributed by atoms with van der Waals surface area (Å²) in [6.45, 7) is 3.55. The van der Waals surface area contributed by atoms with E-state index in [9.17, 15) is 0 Å². The summed E-state index contributed by atoms with van der Waals surface area (Å²) in [7, 11) is 0. The normalized spacial score (nSPS) is 22.4. The smallest absolute Gasteiger partial charge is 0.0369 e. The van der Waals surface area contributed by atoms with Crippen molar-refractivity contribution >= 4 is 28.3 Å². The van der Waals surface area contributed by atoms with Crippen molar-refractivity contribution in [2.45, 2.75) is 32.2 Å². The molecular weight excluding hydrogens is 285 g/mol. The molecule has 1 aromatic rings. The average Bonchev–Trinajstić information content (AvgIpc) is 2.20. The molecule has 14 heavy (non-hydrogen) atoms. The fourth-order valence-corrected chi connectivity index (χ4v) is 2.47. The Labute approximate surface area is 99.6 Å². The predicted molar refractivity (Wildman–Crippen MR) is 69.8 cm³/mol. The molecule has 0 spiro atoms. The summed E-state index contributed by atoms with van der Waals surface area (Å²) in [5.41, 5.74) is 1.39. The number of nitrogens with zero attached hydrogens (tertiary/aromatic N) is 1. The molecular formula is C12H16IN. The minimum atomic E-state index is 0.712. The third kappa shape index (κ3) is 2.22. The fraction of sp³-hybridized carbons (Fsp3) is 0.500. The fourth-order valence-electron chi connectivity index (χ4n) is 2.11. The highest BCUT2D eigenvalue weighted by Crippen LogP contribution is 2.24. The van der Waals surface area contributed by atoms with E-state index in [1.807, 2.05) is 0 Å². The van der Waals surface area contributed by atoms with Crippen LogP contribution in [0.4, 0.5) is 5.69 Å². The Kier molecular flexibility index (Phi) is 3.31. The summed E-state index contributed by atoms with van der Waals surface area (Å²) in [6, 6.07) is 9.57. The maximum atomic E-state index is 2.53. The lowest BCUT2D eigenvalue weighted by atomic mass is 10.0. The standard InChI is InChI=1S/C12H16IN/c1-10-4-2-3-9-14(10)12-7-5-11(13)6-8-12/h5-8,10H,2-4,9H2,1H3. The first-order chi connectivity index (χ1) is 6.77. The first kappa shape index (κ1) is 10.3. The molecule has 0 aromatic heterocycles. The SMILES string of the molecule is CC1CCCCN1c1ccc(I)cc1. The zero-order chi connectivity index (χ0) is 9.97. The van der Waals surface area contributed by atoms with Crippen LogP contribution in [0.5, 0.6) is 0 Å². The van der Waals surface area contributed by atoms with Gasteiger partial charge in [0.1, 0.15) is 0 Å². The highest BCUT2D eigenvalue weighted by atomic mass is 127. The molecule has 1 nitrogen and oxygen atoms in total. The van der Waals surface area contributed by atoms with Crippen molar-refractivity contribution in [2.24, 2.45) is 0 Å². The molecule has 1 saturated heterocycles. The van der Waals surface area contributed by atoms with E-state index < -0.39 is 0 Å². The number of rotatable bonds is 1.